The van der Waals surface area contributed by atoms with Crippen LogP contribution in [0.5, 0.6) is 0 Å². The summed E-state index contributed by atoms with van der Waals surface area (Å²) in [6.45, 7) is 0. The second kappa shape index (κ2) is 10.7. The second-order valence-electron chi connectivity index (χ2n) is 11.9. The maximum absolute atomic E-state index is 6.36. The summed E-state index contributed by atoms with van der Waals surface area (Å²) in [5.41, 5.74) is 5.40. The molecule has 3 aromatic heterocycles. The van der Waals surface area contributed by atoms with Crippen LogP contribution in [0.3, 0.4) is 0 Å². The summed E-state index contributed by atoms with van der Waals surface area (Å²) >= 11 is 1.75. The van der Waals surface area contributed by atoms with Crippen molar-refractivity contribution >= 4 is 64.2 Å². The highest BCUT2D eigenvalue weighted by molar-refractivity contribution is 7.25. The van der Waals surface area contributed by atoms with Crippen molar-refractivity contribution in [2.24, 2.45) is 0 Å². The molecule has 0 atom stereocenters. The second-order valence-corrected chi connectivity index (χ2v) is 13.0. The van der Waals surface area contributed by atoms with E-state index < -0.39 is 0 Å². The Morgan fingerprint density at radius 1 is 0.396 bits per heavy atom. The van der Waals surface area contributed by atoms with Crippen molar-refractivity contribution in [3.63, 3.8) is 0 Å². The predicted octanol–water partition coefficient (Wildman–Crippen LogP) is 11.4. The molecule has 10 rings (SSSR count). The van der Waals surface area contributed by atoms with Gasteiger partial charge in [-0.2, -0.15) is 0 Å². The summed E-state index contributed by atoms with van der Waals surface area (Å²) in [6, 6.07) is 50.1. The summed E-state index contributed by atoms with van der Waals surface area (Å²) < 4.78 is 8.71. The van der Waals surface area contributed by atoms with Gasteiger partial charge in [-0.05, 0) is 70.1 Å². The van der Waals surface area contributed by atoms with Crippen molar-refractivity contribution < 1.29 is 4.42 Å². The van der Waals surface area contributed by atoms with E-state index in [0.717, 1.165) is 59.6 Å². The molecule has 3 heterocycles. The fourth-order valence-electron chi connectivity index (χ4n) is 6.46. The average molecular weight is 633 g/mol. The largest absolute Gasteiger partial charge is 0.436 e. The summed E-state index contributed by atoms with van der Waals surface area (Å²) in [4.78, 5) is 19.9. The van der Waals surface area contributed by atoms with Gasteiger partial charge in [-0.1, -0.05) is 97.1 Å². The Labute approximate surface area is 278 Å². The molecule has 0 aliphatic carbocycles. The van der Waals surface area contributed by atoms with Crippen molar-refractivity contribution in [2.45, 2.75) is 0 Å². The lowest BCUT2D eigenvalue weighted by Gasteiger charge is -2.09. The Kier molecular flexibility index (Phi) is 5.98. The fraction of sp³-hybridized carbons (Fsp3) is 0. The molecule has 48 heavy (non-hydrogen) atoms. The molecule has 0 saturated heterocycles. The first-order valence-corrected chi connectivity index (χ1v) is 16.6. The molecule has 0 aliphatic heterocycles. The van der Waals surface area contributed by atoms with Gasteiger partial charge in [0, 0.05) is 42.4 Å². The number of aromatic nitrogens is 4. The molecule has 0 saturated carbocycles. The van der Waals surface area contributed by atoms with E-state index in [-0.39, 0.29) is 0 Å². The quantitative estimate of drug-likeness (QED) is 0.193. The van der Waals surface area contributed by atoms with Gasteiger partial charge in [0.2, 0.25) is 5.89 Å². The Hall–Kier alpha value is -6.24. The molecule has 0 unspecified atom stereocenters. The SMILES string of the molecule is c1ccc(-c2nc(-c3ccc4ccccc4c3)nc(-c3ccc4sc5cc6nc(-c7ccc8ccccc8c7)oc6cc5c4c3)n2)cc1. The van der Waals surface area contributed by atoms with Gasteiger partial charge in [-0.15, -0.1) is 11.3 Å². The van der Waals surface area contributed by atoms with Crippen LogP contribution in [0.1, 0.15) is 0 Å². The highest BCUT2D eigenvalue weighted by atomic mass is 32.1. The van der Waals surface area contributed by atoms with Gasteiger partial charge < -0.3 is 4.42 Å². The molecule has 0 spiro atoms. The van der Waals surface area contributed by atoms with Crippen molar-refractivity contribution in [3.8, 4) is 45.6 Å². The zero-order valence-corrected chi connectivity index (χ0v) is 26.3. The zero-order valence-electron chi connectivity index (χ0n) is 25.5. The molecule has 7 aromatic carbocycles. The number of thiophene rings is 1. The molecule has 0 amide bonds. The van der Waals surface area contributed by atoms with Crippen LogP contribution in [-0.2, 0) is 0 Å². The Morgan fingerprint density at radius 2 is 0.958 bits per heavy atom. The molecule has 0 aliphatic rings. The van der Waals surface area contributed by atoms with Crippen LogP contribution in [-0.4, -0.2) is 19.9 Å². The molecule has 0 N–H and O–H groups in total. The van der Waals surface area contributed by atoms with E-state index in [4.69, 9.17) is 24.4 Å². The average Bonchev–Trinajstić information content (AvgIpc) is 3.73. The maximum Gasteiger partial charge on any atom is 0.227 e. The summed E-state index contributed by atoms with van der Waals surface area (Å²) in [5, 5.41) is 6.93. The van der Waals surface area contributed by atoms with Gasteiger partial charge in [0.05, 0.1) is 0 Å². The number of hydrogen-bond acceptors (Lipinski definition) is 6. The van der Waals surface area contributed by atoms with Crippen LogP contribution >= 0.6 is 11.3 Å². The number of benzene rings is 7. The van der Waals surface area contributed by atoms with Crippen molar-refractivity contribution in [2.75, 3.05) is 0 Å². The Bertz CT molecular complexity index is 2860. The van der Waals surface area contributed by atoms with Gasteiger partial charge in [0.15, 0.2) is 23.1 Å². The zero-order chi connectivity index (χ0) is 31.6. The number of hydrogen-bond donors (Lipinski definition) is 0. The van der Waals surface area contributed by atoms with Gasteiger partial charge in [-0.25, -0.2) is 19.9 Å². The topological polar surface area (TPSA) is 64.7 Å². The minimum atomic E-state index is 0.623. The minimum Gasteiger partial charge on any atom is -0.436 e. The van der Waals surface area contributed by atoms with Crippen LogP contribution in [0.2, 0.25) is 0 Å². The van der Waals surface area contributed by atoms with Gasteiger partial charge >= 0.3 is 0 Å². The lowest BCUT2D eigenvalue weighted by Crippen LogP contribution is -2.00. The Morgan fingerprint density at radius 3 is 1.69 bits per heavy atom. The standard InChI is InChI=1S/C42H24N4OS/c1-2-10-27(11-3-1)39-44-40(30-16-14-25-8-4-6-12-28(25)20-30)46-41(45-39)31-18-19-37-33(22-31)34-23-36-35(24-38(34)48-37)43-42(47-36)32-17-15-26-9-5-7-13-29(26)21-32/h1-24H. The molecule has 0 bridgehead atoms. The first-order chi connectivity index (χ1) is 23.7. The van der Waals surface area contributed by atoms with E-state index in [1.165, 1.54) is 15.5 Å². The first kappa shape index (κ1) is 26.9. The molecule has 0 radical (unpaired) electrons. The molecule has 6 heteroatoms. The van der Waals surface area contributed by atoms with E-state index in [1.54, 1.807) is 11.3 Å². The number of rotatable bonds is 4. The number of nitrogens with zero attached hydrogens (tertiary/aromatic N) is 4. The van der Waals surface area contributed by atoms with E-state index in [1.807, 2.05) is 30.3 Å². The fourth-order valence-corrected chi connectivity index (χ4v) is 7.56. The smallest absolute Gasteiger partial charge is 0.227 e. The van der Waals surface area contributed by atoms with E-state index in [0.29, 0.717) is 23.4 Å². The van der Waals surface area contributed by atoms with E-state index in [2.05, 4.69) is 115 Å². The third kappa shape index (κ3) is 4.54. The number of oxazole rings is 1. The number of fused-ring (bicyclic) bond motifs is 6. The monoisotopic (exact) mass is 632 g/mol. The summed E-state index contributed by atoms with van der Waals surface area (Å²) in [7, 11) is 0. The molecule has 10 aromatic rings. The molecule has 0 fully saturated rings. The normalized spacial score (nSPS) is 11.8. The predicted molar refractivity (Wildman–Crippen MR) is 197 cm³/mol. The molecular formula is C42H24N4OS. The van der Waals surface area contributed by atoms with Crippen molar-refractivity contribution in [1.29, 1.82) is 0 Å². The van der Waals surface area contributed by atoms with Crippen LogP contribution in [0.25, 0.3) is 98.4 Å². The van der Waals surface area contributed by atoms with Crippen LogP contribution in [0.4, 0.5) is 0 Å². The lowest BCUT2D eigenvalue weighted by atomic mass is 10.1. The van der Waals surface area contributed by atoms with Gasteiger partial charge in [0.25, 0.3) is 0 Å². The van der Waals surface area contributed by atoms with Crippen LogP contribution < -0.4 is 0 Å². The van der Waals surface area contributed by atoms with Gasteiger partial charge in [-0.3, -0.25) is 0 Å². The lowest BCUT2D eigenvalue weighted by molar-refractivity contribution is 0.620. The van der Waals surface area contributed by atoms with Crippen molar-refractivity contribution in [3.05, 3.63) is 146 Å². The molecule has 224 valence electrons. The van der Waals surface area contributed by atoms with Crippen molar-refractivity contribution in [1.82, 2.24) is 19.9 Å². The summed E-state index contributed by atoms with van der Waals surface area (Å²) in [5.74, 6) is 2.54. The van der Waals surface area contributed by atoms with Crippen LogP contribution in [0, 0.1) is 0 Å². The summed E-state index contributed by atoms with van der Waals surface area (Å²) in [6.07, 6.45) is 0. The molecular weight excluding hydrogens is 609 g/mol. The third-order valence-corrected chi connectivity index (χ3v) is 10.0. The van der Waals surface area contributed by atoms with E-state index in [9.17, 15) is 0 Å². The maximum atomic E-state index is 6.36. The highest BCUT2D eigenvalue weighted by Gasteiger charge is 2.16. The minimum absolute atomic E-state index is 0.623. The third-order valence-electron chi connectivity index (χ3n) is 8.91. The molecule has 5 nitrogen and oxygen atoms in total. The van der Waals surface area contributed by atoms with Crippen LogP contribution in [0.15, 0.2) is 150 Å². The Balaban J connectivity index is 1.11. The first-order valence-electron chi connectivity index (χ1n) is 15.8. The van der Waals surface area contributed by atoms with Gasteiger partial charge in [0.1, 0.15) is 5.52 Å². The highest BCUT2D eigenvalue weighted by Crippen LogP contribution is 2.39. The van der Waals surface area contributed by atoms with E-state index >= 15 is 0 Å².